The molecule has 1 N–H and O–H groups in total. The van der Waals surface area contributed by atoms with Gasteiger partial charge in [-0.2, -0.15) is 0 Å². The lowest BCUT2D eigenvalue weighted by atomic mass is 10.1. The molecule has 0 fully saturated rings. The molecule has 0 aliphatic rings. The van der Waals surface area contributed by atoms with Gasteiger partial charge in [-0.05, 0) is 24.6 Å². The molecular weight excluding hydrogens is 310 g/mol. The quantitative estimate of drug-likeness (QED) is 0.772. The van der Waals surface area contributed by atoms with E-state index in [1.165, 1.54) is 6.92 Å². The molecule has 116 valence electrons. The minimum absolute atomic E-state index is 0.142. The summed E-state index contributed by atoms with van der Waals surface area (Å²) in [5.74, 6) is 0.391. The molecule has 1 amide bonds. The molecule has 0 spiro atoms. The summed E-state index contributed by atoms with van der Waals surface area (Å²) in [7, 11) is 0. The number of nitrogens with zero attached hydrogens (tertiary/aromatic N) is 2. The minimum atomic E-state index is -0.142. The van der Waals surface area contributed by atoms with Gasteiger partial charge >= 0.3 is 0 Å². The smallest absolute Gasteiger partial charge is 0.222 e. The van der Waals surface area contributed by atoms with Crippen molar-refractivity contribution in [1.29, 1.82) is 0 Å². The van der Waals surface area contributed by atoms with Gasteiger partial charge in [0.1, 0.15) is 5.82 Å². The Hall–Kier alpha value is -2.59. The first-order valence-electron chi connectivity index (χ1n) is 7.22. The number of hydrogen-bond donors (Lipinski definition) is 1. The number of hydrogen-bond acceptors (Lipinski definition) is 2. The zero-order chi connectivity index (χ0) is 16.4. The van der Waals surface area contributed by atoms with Gasteiger partial charge in [-0.3, -0.25) is 4.79 Å². The second-order valence-corrected chi connectivity index (χ2v) is 5.73. The number of halogens is 1. The molecule has 3 rings (SSSR count). The predicted molar refractivity (Wildman–Crippen MR) is 93.1 cm³/mol. The van der Waals surface area contributed by atoms with Crippen LogP contribution in [0.4, 0.5) is 5.82 Å². The zero-order valence-corrected chi connectivity index (χ0v) is 13.6. The van der Waals surface area contributed by atoms with E-state index in [1.54, 1.807) is 6.20 Å². The van der Waals surface area contributed by atoms with Crippen LogP contribution in [0.15, 0.2) is 55.0 Å². The second-order valence-electron chi connectivity index (χ2n) is 5.32. The van der Waals surface area contributed by atoms with Gasteiger partial charge < -0.3 is 9.88 Å². The van der Waals surface area contributed by atoms with Crippen molar-refractivity contribution in [3.05, 3.63) is 65.6 Å². The lowest BCUT2D eigenvalue weighted by molar-refractivity contribution is -0.114. The number of carbonyl (C=O) groups is 1. The third-order valence-corrected chi connectivity index (χ3v) is 3.86. The van der Waals surface area contributed by atoms with Crippen molar-refractivity contribution in [3.8, 4) is 16.8 Å². The normalized spacial score (nSPS) is 10.6. The fourth-order valence-corrected chi connectivity index (χ4v) is 2.69. The first-order chi connectivity index (χ1) is 11.0. The van der Waals surface area contributed by atoms with Gasteiger partial charge in [0.2, 0.25) is 5.91 Å². The molecule has 5 heteroatoms. The van der Waals surface area contributed by atoms with E-state index in [9.17, 15) is 4.79 Å². The highest BCUT2D eigenvalue weighted by Crippen LogP contribution is 2.29. The predicted octanol–water partition coefficient (Wildman–Crippen LogP) is 4.46. The topological polar surface area (TPSA) is 46.9 Å². The number of anilines is 1. The van der Waals surface area contributed by atoms with E-state index in [2.05, 4.69) is 10.3 Å². The standard InChI is InChI=1S/C18H16ClN3O/c1-12-10-20-18(21-13(2)23)9-17(12)22-8-7-14(11-22)15-5-3-4-6-16(15)19/h3-11H,1-2H3,(H,20,21,23). The molecule has 0 bridgehead atoms. The van der Waals surface area contributed by atoms with Gasteiger partial charge in [0, 0.05) is 47.7 Å². The molecule has 0 unspecified atom stereocenters. The first kappa shape index (κ1) is 15.3. The summed E-state index contributed by atoms with van der Waals surface area (Å²) in [4.78, 5) is 15.4. The molecule has 0 radical (unpaired) electrons. The minimum Gasteiger partial charge on any atom is -0.323 e. The molecule has 1 aromatic carbocycles. The molecule has 23 heavy (non-hydrogen) atoms. The van der Waals surface area contributed by atoms with E-state index in [1.807, 2.05) is 60.3 Å². The third-order valence-electron chi connectivity index (χ3n) is 3.53. The summed E-state index contributed by atoms with van der Waals surface area (Å²) >= 11 is 6.26. The number of benzene rings is 1. The maximum absolute atomic E-state index is 11.2. The fourth-order valence-electron chi connectivity index (χ4n) is 2.44. The number of pyridine rings is 1. The van der Waals surface area contributed by atoms with Gasteiger partial charge in [0.25, 0.3) is 0 Å². The SMILES string of the molecule is CC(=O)Nc1cc(-n2ccc(-c3ccccc3Cl)c2)c(C)cn1. The van der Waals surface area contributed by atoms with E-state index in [4.69, 9.17) is 11.6 Å². The highest BCUT2D eigenvalue weighted by atomic mass is 35.5. The summed E-state index contributed by atoms with van der Waals surface area (Å²) in [5.41, 5.74) is 4.00. The maximum Gasteiger partial charge on any atom is 0.222 e. The number of carbonyl (C=O) groups excluding carboxylic acids is 1. The van der Waals surface area contributed by atoms with Crippen LogP contribution in [0, 0.1) is 6.92 Å². The lowest BCUT2D eigenvalue weighted by Gasteiger charge is -2.09. The molecule has 0 atom stereocenters. The average Bonchev–Trinajstić information content (AvgIpc) is 2.98. The van der Waals surface area contributed by atoms with E-state index < -0.39 is 0 Å². The van der Waals surface area contributed by atoms with Gasteiger partial charge in [0.05, 0.1) is 5.69 Å². The maximum atomic E-state index is 11.2. The molecular formula is C18H16ClN3O. The fraction of sp³-hybridized carbons (Fsp3) is 0.111. The zero-order valence-electron chi connectivity index (χ0n) is 12.9. The van der Waals surface area contributed by atoms with Crippen molar-refractivity contribution in [2.24, 2.45) is 0 Å². The van der Waals surface area contributed by atoms with Crippen LogP contribution in [-0.4, -0.2) is 15.5 Å². The van der Waals surface area contributed by atoms with Crippen molar-refractivity contribution >= 4 is 23.3 Å². The van der Waals surface area contributed by atoms with Crippen LogP contribution in [0.3, 0.4) is 0 Å². The molecule has 0 saturated heterocycles. The Kier molecular flexibility index (Phi) is 4.17. The molecule has 4 nitrogen and oxygen atoms in total. The molecule has 2 aromatic heterocycles. The highest BCUT2D eigenvalue weighted by Gasteiger charge is 2.08. The van der Waals surface area contributed by atoms with Gasteiger partial charge in [-0.1, -0.05) is 29.8 Å². The highest BCUT2D eigenvalue weighted by molar-refractivity contribution is 6.33. The summed E-state index contributed by atoms with van der Waals surface area (Å²) in [6, 6.07) is 11.6. The van der Waals surface area contributed by atoms with Crippen LogP contribution in [0.2, 0.25) is 5.02 Å². The molecule has 2 heterocycles. The van der Waals surface area contributed by atoms with Crippen LogP contribution in [-0.2, 0) is 4.79 Å². The Labute approximate surface area is 139 Å². The van der Waals surface area contributed by atoms with Crippen LogP contribution >= 0.6 is 11.6 Å². The van der Waals surface area contributed by atoms with E-state index in [-0.39, 0.29) is 5.91 Å². The van der Waals surface area contributed by atoms with Crippen LogP contribution in [0.25, 0.3) is 16.8 Å². The Morgan fingerprint density at radius 1 is 1.26 bits per heavy atom. The molecule has 3 aromatic rings. The van der Waals surface area contributed by atoms with Crippen molar-refractivity contribution in [3.63, 3.8) is 0 Å². The lowest BCUT2D eigenvalue weighted by Crippen LogP contribution is -2.08. The Morgan fingerprint density at radius 2 is 2.04 bits per heavy atom. The van der Waals surface area contributed by atoms with E-state index in [0.717, 1.165) is 27.4 Å². The number of nitrogens with one attached hydrogen (secondary N) is 1. The largest absolute Gasteiger partial charge is 0.323 e. The Balaban J connectivity index is 2.00. The van der Waals surface area contributed by atoms with Crippen molar-refractivity contribution in [2.75, 3.05) is 5.32 Å². The summed E-state index contributed by atoms with van der Waals surface area (Å²) < 4.78 is 2.00. The molecule has 0 saturated carbocycles. The van der Waals surface area contributed by atoms with Crippen LogP contribution in [0.5, 0.6) is 0 Å². The number of rotatable bonds is 3. The van der Waals surface area contributed by atoms with Gasteiger partial charge in [-0.15, -0.1) is 0 Å². The molecule has 0 aliphatic heterocycles. The Morgan fingerprint density at radius 3 is 2.78 bits per heavy atom. The van der Waals surface area contributed by atoms with Crippen molar-refractivity contribution < 1.29 is 4.79 Å². The monoisotopic (exact) mass is 325 g/mol. The Bertz CT molecular complexity index is 870. The third kappa shape index (κ3) is 3.27. The van der Waals surface area contributed by atoms with Crippen LogP contribution < -0.4 is 5.32 Å². The van der Waals surface area contributed by atoms with Gasteiger partial charge in [0.15, 0.2) is 0 Å². The summed E-state index contributed by atoms with van der Waals surface area (Å²) in [6.45, 7) is 3.45. The first-order valence-corrected chi connectivity index (χ1v) is 7.60. The summed E-state index contributed by atoms with van der Waals surface area (Å²) in [5, 5.41) is 3.42. The van der Waals surface area contributed by atoms with Gasteiger partial charge in [-0.25, -0.2) is 4.98 Å². The number of amides is 1. The average molecular weight is 326 g/mol. The number of aromatic nitrogens is 2. The molecule has 0 aliphatic carbocycles. The summed E-state index contributed by atoms with van der Waals surface area (Å²) in [6.07, 6.45) is 5.73. The number of aryl methyl sites for hydroxylation is 1. The van der Waals surface area contributed by atoms with E-state index in [0.29, 0.717) is 5.82 Å². The van der Waals surface area contributed by atoms with Crippen molar-refractivity contribution in [1.82, 2.24) is 9.55 Å². The second kappa shape index (κ2) is 6.26. The van der Waals surface area contributed by atoms with Crippen LogP contribution in [0.1, 0.15) is 12.5 Å². The van der Waals surface area contributed by atoms with E-state index >= 15 is 0 Å². The van der Waals surface area contributed by atoms with Crippen molar-refractivity contribution in [2.45, 2.75) is 13.8 Å².